The maximum atomic E-state index is 12.1. The van der Waals surface area contributed by atoms with Gasteiger partial charge in [-0.1, -0.05) is 18.2 Å². The largest absolute Gasteiger partial charge is 0.494 e. The average molecular weight is 338 g/mol. The summed E-state index contributed by atoms with van der Waals surface area (Å²) in [6.07, 6.45) is 2.68. The van der Waals surface area contributed by atoms with Gasteiger partial charge in [0.15, 0.2) is 0 Å². The van der Waals surface area contributed by atoms with E-state index >= 15 is 0 Å². The third-order valence-electron chi connectivity index (χ3n) is 3.98. The highest BCUT2D eigenvalue weighted by Gasteiger charge is 2.29. The van der Waals surface area contributed by atoms with Gasteiger partial charge < -0.3 is 15.4 Å². The zero-order valence-electron chi connectivity index (χ0n) is 14.0. The van der Waals surface area contributed by atoms with Crippen molar-refractivity contribution in [1.82, 2.24) is 5.32 Å². The number of carbonyl (C=O) groups is 2. The van der Waals surface area contributed by atoms with Gasteiger partial charge in [-0.15, -0.1) is 0 Å². The first-order valence-electron chi connectivity index (χ1n) is 8.59. The van der Waals surface area contributed by atoms with Crippen LogP contribution in [0.4, 0.5) is 5.69 Å². The maximum absolute atomic E-state index is 12.1. The van der Waals surface area contributed by atoms with Crippen molar-refractivity contribution in [2.75, 3.05) is 18.5 Å². The minimum Gasteiger partial charge on any atom is -0.494 e. The minimum absolute atomic E-state index is 0.0654. The molecule has 0 spiro atoms. The number of para-hydroxylation sites is 1. The lowest BCUT2D eigenvalue weighted by Crippen LogP contribution is -2.25. The van der Waals surface area contributed by atoms with Crippen LogP contribution in [0.15, 0.2) is 54.6 Å². The second-order valence-corrected chi connectivity index (χ2v) is 6.11. The van der Waals surface area contributed by atoms with Crippen LogP contribution in [0.25, 0.3) is 0 Å². The van der Waals surface area contributed by atoms with Crippen LogP contribution in [0.1, 0.15) is 29.6 Å². The molecule has 1 saturated carbocycles. The van der Waals surface area contributed by atoms with E-state index in [1.54, 1.807) is 24.3 Å². The average Bonchev–Trinajstić information content (AvgIpc) is 3.48. The van der Waals surface area contributed by atoms with Gasteiger partial charge in [0.05, 0.1) is 6.61 Å². The molecule has 1 aliphatic carbocycles. The summed E-state index contributed by atoms with van der Waals surface area (Å²) >= 11 is 0. The molecule has 3 rings (SSSR count). The Morgan fingerprint density at radius 2 is 1.72 bits per heavy atom. The van der Waals surface area contributed by atoms with Gasteiger partial charge in [-0.25, -0.2) is 0 Å². The molecule has 0 saturated heterocycles. The van der Waals surface area contributed by atoms with Crippen LogP contribution in [0.3, 0.4) is 0 Å². The van der Waals surface area contributed by atoms with Crippen molar-refractivity contribution in [3.8, 4) is 5.75 Å². The van der Waals surface area contributed by atoms with Gasteiger partial charge in [-0.05, 0) is 55.7 Å². The number of benzene rings is 2. The lowest BCUT2D eigenvalue weighted by molar-refractivity contribution is -0.117. The van der Waals surface area contributed by atoms with Gasteiger partial charge in [0, 0.05) is 23.7 Å². The Labute approximate surface area is 147 Å². The minimum atomic E-state index is -0.125. The summed E-state index contributed by atoms with van der Waals surface area (Å²) in [6.45, 7) is 1.10. The molecule has 0 bridgehead atoms. The molecule has 5 nitrogen and oxygen atoms in total. The zero-order chi connectivity index (χ0) is 17.5. The van der Waals surface area contributed by atoms with Gasteiger partial charge in [0.25, 0.3) is 5.91 Å². The predicted octanol–water partition coefficient (Wildman–Crippen LogP) is 3.23. The van der Waals surface area contributed by atoms with Crippen LogP contribution in [0.5, 0.6) is 5.75 Å². The molecule has 130 valence electrons. The fourth-order valence-corrected chi connectivity index (χ4v) is 2.38. The molecule has 0 unspecified atom stereocenters. The molecule has 2 aromatic rings. The molecule has 2 aromatic carbocycles. The number of nitrogens with one attached hydrogen (secondary N) is 2. The van der Waals surface area contributed by atoms with Gasteiger partial charge in [-0.3, -0.25) is 9.59 Å². The van der Waals surface area contributed by atoms with Crippen molar-refractivity contribution < 1.29 is 14.3 Å². The number of hydrogen-bond donors (Lipinski definition) is 2. The molecule has 2 N–H and O–H groups in total. The van der Waals surface area contributed by atoms with E-state index < -0.39 is 0 Å². The van der Waals surface area contributed by atoms with Crippen molar-refractivity contribution in [3.63, 3.8) is 0 Å². The third kappa shape index (κ3) is 5.35. The highest BCUT2D eigenvalue weighted by molar-refractivity contribution is 5.96. The van der Waals surface area contributed by atoms with Crippen LogP contribution in [-0.2, 0) is 4.79 Å². The topological polar surface area (TPSA) is 67.4 Å². The lowest BCUT2D eigenvalue weighted by Gasteiger charge is -2.08. The summed E-state index contributed by atoms with van der Waals surface area (Å²) in [5.74, 6) is 0.939. The van der Waals surface area contributed by atoms with E-state index in [4.69, 9.17) is 4.74 Å². The molecule has 0 radical (unpaired) electrons. The van der Waals surface area contributed by atoms with Crippen LogP contribution in [0.2, 0.25) is 0 Å². The molecule has 25 heavy (non-hydrogen) atoms. The second kappa shape index (κ2) is 8.33. The number of carbonyl (C=O) groups excluding carboxylic acids is 2. The van der Waals surface area contributed by atoms with E-state index in [2.05, 4.69) is 10.6 Å². The van der Waals surface area contributed by atoms with Gasteiger partial charge in [0.2, 0.25) is 5.91 Å². The lowest BCUT2D eigenvalue weighted by atomic mass is 10.2. The van der Waals surface area contributed by atoms with E-state index in [-0.39, 0.29) is 17.7 Å². The highest BCUT2D eigenvalue weighted by atomic mass is 16.5. The summed E-state index contributed by atoms with van der Waals surface area (Å²) < 4.78 is 5.58. The molecule has 0 aromatic heterocycles. The van der Waals surface area contributed by atoms with E-state index in [9.17, 15) is 9.59 Å². The van der Waals surface area contributed by atoms with Crippen molar-refractivity contribution in [1.29, 1.82) is 0 Å². The summed E-state index contributed by atoms with van der Waals surface area (Å²) in [7, 11) is 0. The second-order valence-electron chi connectivity index (χ2n) is 6.11. The Kier molecular flexibility index (Phi) is 5.67. The van der Waals surface area contributed by atoms with Crippen LogP contribution in [-0.4, -0.2) is 25.0 Å². The molecule has 1 fully saturated rings. The maximum Gasteiger partial charge on any atom is 0.251 e. The summed E-state index contributed by atoms with van der Waals surface area (Å²) in [6, 6.07) is 16.6. The number of hydrogen-bond acceptors (Lipinski definition) is 3. The molecule has 0 heterocycles. The van der Waals surface area contributed by atoms with Crippen LogP contribution in [0, 0.1) is 5.92 Å². The number of amides is 2. The SMILES string of the molecule is O=C(NCCCOc1ccccc1)c1ccc(NC(=O)C2CC2)cc1. The summed E-state index contributed by atoms with van der Waals surface area (Å²) in [5, 5.41) is 5.73. The van der Waals surface area contributed by atoms with Gasteiger partial charge in [-0.2, -0.15) is 0 Å². The fraction of sp³-hybridized carbons (Fsp3) is 0.300. The van der Waals surface area contributed by atoms with Gasteiger partial charge in [0.1, 0.15) is 5.75 Å². The normalized spacial score (nSPS) is 13.1. The first-order valence-corrected chi connectivity index (χ1v) is 8.59. The first kappa shape index (κ1) is 17.0. The zero-order valence-corrected chi connectivity index (χ0v) is 14.0. The molecule has 2 amide bonds. The standard InChI is InChI=1S/C20H22N2O3/c23-19(21-13-4-14-25-18-5-2-1-3-6-18)15-9-11-17(12-10-15)22-20(24)16-7-8-16/h1-3,5-6,9-12,16H,4,7-8,13-14H2,(H,21,23)(H,22,24). The molecule has 0 aliphatic heterocycles. The Balaban J connectivity index is 1.36. The highest BCUT2D eigenvalue weighted by Crippen LogP contribution is 2.30. The van der Waals surface area contributed by atoms with E-state index in [0.717, 1.165) is 30.7 Å². The predicted molar refractivity (Wildman–Crippen MR) is 96.7 cm³/mol. The van der Waals surface area contributed by atoms with Crippen LogP contribution >= 0.6 is 0 Å². The van der Waals surface area contributed by atoms with Crippen LogP contribution < -0.4 is 15.4 Å². The smallest absolute Gasteiger partial charge is 0.251 e. The molecule has 5 heteroatoms. The van der Waals surface area contributed by atoms with E-state index in [1.807, 2.05) is 30.3 Å². The number of ether oxygens (including phenoxy) is 1. The summed E-state index contributed by atoms with van der Waals surface area (Å²) in [4.78, 5) is 23.8. The van der Waals surface area contributed by atoms with Crippen molar-refractivity contribution >= 4 is 17.5 Å². The number of anilines is 1. The molecular formula is C20H22N2O3. The molecular weight excluding hydrogens is 316 g/mol. The van der Waals surface area contributed by atoms with Crippen molar-refractivity contribution in [2.24, 2.45) is 5.92 Å². The van der Waals surface area contributed by atoms with Crippen molar-refractivity contribution in [2.45, 2.75) is 19.3 Å². The van der Waals surface area contributed by atoms with E-state index in [0.29, 0.717) is 18.7 Å². The number of rotatable bonds is 8. The summed E-state index contributed by atoms with van der Waals surface area (Å²) in [5.41, 5.74) is 1.30. The van der Waals surface area contributed by atoms with Gasteiger partial charge >= 0.3 is 0 Å². The fourth-order valence-electron chi connectivity index (χ4n) is 2.38. The Morgan fingerprint density at radius 3 is 2.40 bits per heavy atom. The Bertz CT molecular complexity index is 709. The molecule has 0 atom stereocenters. The Hall–Kier alpha value is -2.82. The first-order chi connectivity index (χ1) is 12.2. The molecule has 1 aliphatic rings. The third-order valence-corrected chi connectivity index (χ3v) is 3.98. The monoisotopic (exact) mass is 338 g/mol. The quantitative estimate of drug-likeness (QED) is 0.726. The Morgan fingerprint density at radius 1 is 1.00 bits per heavy atom. The van der Waals surface area contributed by atoms with E-state index in [1.165, 1.54) is 0 Å². The van der Waals surface area contributed by atoms with Crippen molar-refractivity contribution in [3.05, 3.63) is 60.2 Å².